The summed E-state index contributed by atoms with van der Waals surface area (Å²) in [6.45, 7) is 0. The molecular formula is C9H9N3O2. The number of carbonyl (C=O) groups is 1. The summed E-state index contributed by atoms with van der Waals surface area (Å²) in [4.78, 5) is 17.7. The minimum Gasteiger partial charge on any atom is -0.481 e. The number of methoxy groups -OCH3 is 1. The quantitative estimate of drug-likeness (QED) is 0.732. The van der Waals surface area contributed by atoms with Gasteiger partial charge in [-0.05, 0) is 6.07 Å². The highest BCUT2D eigenvalue weighted by Gasteiger charge is 2.06. The van der Waals surface area contributed by atoms with Crippen molar-refractivity contribution in [2.24, 2.45) is 5.73 Å². The number of H-pyrrole nitrogens is 1. The minimum atomic E-state index is -0.486. The van der Waals surface area contributed by atoms with E-state index in [1.165, 1.54) is 7.11 Å². The van der Waals surface area contributed by atoms with Gasteiger partial charge in [0, 0.05) is 11.5 Å². The molecule has 2 aromatic rings. The number of aromatic amines is 1. The van der Waals surface area contributed by atoms with Gasteiger partial charge in [0.05, 0.1) is 18.8 Å². The molecule has 0 aliphatic heterocycles. The number of amides is 1. The van der Waals surface area contributed by atoms with Crippen LogP contribution in [0.25, 0.3) is 10.9 Å². The van der Waals surface area contributed by atoms with Crippen molar-refractivity contribution in [2.75, 3.05) is 7.11 Å². The van der Waals surface area contributed by atoms with Gasteiger partial charge in [0.25, 0.3) is 5.91 Å². The van der Waals surface area contributed by atoms with E-state index >= 15 is 0 Å². The predicted octanol–water partition coefficient (Wildman–Crippen LogP) is 0.670. The van der Waals surface area contributed by atoms with Crippen LogP contribution in [-0.4, -0.2) is 23.0 Å². The number of pyridine rings is 1. The van der Waals surface area contributed by atoms with Gasteiger partial charge in [0.15, 0.2) is 0 Å². The zero-order chi connectivity index (χ0) is 10.1. The topological polar surface area (TPSA) is 81.0 Å². The van der Waals surface area contributed by atoms with Crippen molar-refractivity contribution in [2.45, 2.75) is 0 Å². The average molecular weight is 191 g/mol. The smallest absolute Gasteiger partial charge is 0.265 e. The summed E-state index contributed by atoms with van der Waals surface area (Å²) < 4.78 is 4.95. The summed E-state index contributed by atoms with van der Waals surface area (Å²) in [5.74, 6) is 0.0210. The van der Waals surface area contributed by atoms with Gasteiger partial charge in [0.1, 0.15) is 5.69 Å². The highest BCUT2D eigenvalue weighted by molar-refractivity contribution is 5.96. The summed E-state index contributed by atoms with van der Waals surface area (Å²) >= 11 is 0. The molecule has 0 saturated heterocycles. The van der Waals surface area contributed by atoms with Crippen molar-refractivity contribution in [1.82, 2.24) is 9.97 Å². The average Bonchev–Trinajstić information content (AvgIpc) is 2.59. The molecule has 1 amide bonds. The van der Waals surface area contributed by atoms with Gasteiger partial charge >= 0.3 is 0 Å². The highest BCUT2D eigenvalue weighted by atomic mass is 16.5. The Balaban J connectivity index is 2.60. The van der Waals surface area contributed by atoms with Crippen LogP contribution in [0.5, 0.6) is 5.88 Å². The molecule has 72 valence electrons. The molecule has 14 heavy (non-hydrogen) atoms. The number of primary amides is 1. The third kappa shape index (κ3) is 1.28. The van der Waals surface area contributed by atoms with Crippen LogP contribution in [-0.2, 0) is 0 Å². The molecule has 2 rings (SSSR count). The van der Waals surface area contributed by atoms with Gasteiger partial charge in [0.2, 0.25) is 5.88 Å². The molecule has 3 N–H and O–H groups in total. The van der Waals surface area contributed by atoms with E-state index in [9.17, 15) is 4.79 Å². The van der Waals surface area contributed by atoms with Crippen molar-refractivity contribution in [1.29, 1.82) is 0 Å². The Kier molecular flexibility index (Phi) is 1.85. The molecule has 0 aliphatic carbocycles. The minimum absolute atomic E-state index is 0.370. The third-order valence-electron chi connectivity index (χ3n) is 1.95. The number of nitrogens with one attached hydrogen (secondary N) is 1. The van der Waals surface area contributed by atoms with Crippen LogP contribution >= 0.6 is 0 Å². The number of rotatable bonds is 2. The normalized spacial score (nSPS) is 10.4. The molecule has 0 atom stereocenters. The zero-order valence-electron chi connectivity index (χ0n) is 7.57. The number of nitrogens with two attached hydrogens (primary N) is 1. The summed E-state index contributed by atoms with van der Waals surface area (Å²) in [6, 6.07) is 3.40. The van der Waals surface area contributed by atoms with Crippen molar-refractivity contribution in [3.05, 3.63) is 24.0 Å². The van der Waals surface area contributed by atoms with Crippen LogP contribution in [0.15, 0.2) is 18.3 Å². The monoisotopic (exact) mass is 191 g/mol. The van der Waals surface area contributed by atoms with Gasteiger partial charge in [-0.2, -0.15) is 0 Å². The lowest BCUT2D eigenvalue weighted by Gasteiger charge is -1.96. The summed E-state index contributed by atoms with van der Waals surface area (Å²) in [7, 11) is 1.54. The fraction of sp³-hybridized carbons (Fsp3) is 0.111. The number of aromatic nitrogens is 2. The molecule has 0 radical (unpaired) electrons. The molecule has 0 saturated carbocycles. The van der Waals surface area contributed by atoms with Crippen LogP contribution in [0.4, 0.5) is 0 Å². The maximum Gasteiger partial charge on any atom is 0.265 e. The Labute approximate surface area is 79.9 Å². The standard InChI is InChI=1S/C9H9N3O2/c1-14-8-3-5-2-6(9(10)13)12-7(5)4-11-8/h2-4,12H,1H3,(H2,10,13). The van der Waals surface area contributed by atoms with E-state index in [4.69, 9.17) is 10.5 Å². The van der Waals surface area contributed by atoms with Gasteiger partial charge in [-0.15, -0.1) is 0 Å². The second-order valence-corrected chi connectivity index (χ2v) is 2.86. The summed E-state index contributed by atoms with van der Waals surface area (Å²) in [5, 5.41) is 0.852. The number of ether oxygens (including phenoxy) is 1. The first-order valence-electron chi connectivity index (χ1n) is 4.03. The molecule has 5 heteroatoms. The van der Waals surface area contributed by atoms with Crippen LogP contribution in [0.1, 0.15) is 10.5 Å². The molecular weight excluding hydrogens is 182 g/mol. The maximum atomic E-state index is 10.9. The lowest BCUT2D eigenvalue weighted by molar-refractivity contribution is 0.0996. The number of fused-ring (bicyclic) bond motifs is 1. The third-order valence-corrected chi connectivity index (χ3v) is 1.95. The molecule has 0 aliphatic rings. The van der Waals surface area contributed by atoms with E-state index in [1.807, 2.05) is 0 Å². The number of carbonyl (C=O) groups excluding carboxylic acids is 1. The van der Waals surface area contributed by atoms with E-state index in [-0.39, 0.29) is 0 Å². The molecule has 0 fully saturated rings. The van der Waals surface area contributed by atoms with Crippen LogP contribution in [0, 0.1) is 0 Å². The first-order chi connectivity index (χ1) is 6.70. The van der Waals surface area contributed by atoms with Gasteiger partial charge in [-0.1, -0.05) is 0 Å². The lowest BCUT2D eigenvalue weighted by atomic mass is 10.3. The molecule has 0 unspecified atom stereocenters. The first-order valence-corrected chi connectivity index (χ1v) is 4.03. The van der Waals surface area contributed by atoms with Crippen LogP contribution in [0.3, 0.4) is 0 Å². The van der Waals surface area contributed by atoms with Crippen LogP contribution < -0.4 is 10.5 Å². The molecule has 0 aromatic carbocycles. The van der Waals surface area contributed by atoms with Crippen molar-refractivity contribution in [3.63, 3.8) is 0 Å². The number of hydrogen-bond acceptors (Lipinski definition) is 3. The maximum absolute atomic E-state index is 10.9. The second kappa shape index (κ2) is 3.02. The Hall–Kier alpha value is -2.04. The van der Waals surface area contributed by atoms with E-state index in [1.54, 1.807) is 18.3 Å². The van der Waals surface area contributed by atoms with Crippen molar-refractivity contribution in [3.8, 4) is 5.88 Å². The Morgan fingerprint density at radius 2 is 2.36 bits per heavy atom. The van der Waals surface area contributed by atoms with Gasteiger partial charge < -0.3 is 15.5 Å². The Morgan fingerprint density at radius 3 is 3.00 bits per heavy atom. The number of nitrogens with zero attached hydrogens (tertiary/aromatic N) is 1. The van der Waals surface area contributed by atoms with E-state index in [0.29, 0.717) is 11.6 Å². The molecule has 2 aromatic heterocycles. The van der Waals surface area contributed by atoms with Crippen molar-refractivity contribution >= 4 is 16.8 Å². The summed E-state index contributed by atoms with van der Waals surface area (Å²) in [5.41, 5.74) is 6.26. The molecule has 5 nitrogen and oxygen atoms in total. The Bertz CT molecular complexity index is 490. The molecule has 0 spiro atoms. The van der Waals surface area contributed by atoms with Crippen LogP contribution in [0.2, 0.25) is 0 Å². The predicted molar refractivity (Wildman–Crippen MR) is 51.2 cm³/mol. The SMILES string of the molecule is COc1cc2cc(C(N)=O)[nH]c2cn1. The van der Waals surface area contributed by atoms with Crippen molar-refractivity contribution < 1.29 is 9.53 Å². The number of hydrogen-bond donors (Lipinski definition) is 2. The van der Waals surface area contributed by atoms with E-state index in [2.05, 4.69) is 9.97 Å². The second-order valence-electron chi connectivity index (χ2n) is 2.86. The zero-order valence-corrected chi connectivity index (χ0v) is 7.57. The highest BCUT2D eigenvalue weighted by Crippen LogP contribution is 2.18. The summed E-state index contributed by atoms with van der Waals surface area (Å²) in [6.07, 6.45) is 1.60. The van der Waals surface area contributed by atoms with Gasteiger partial charge in [-0.3, -0.25) is 4.79 Å². The fourth-order valence-electron chi connectivity index (χ4n) is 1.26. The first kappa shape index (κ1) is 8.55. The molecule has 2 heterocycles. The van der Waals surface area contributed by atoms with E-state index < -0.39 is 5.91 Å². The van der Waals surface area contributed by atoms with Gasteiger partial charge in [-0.25, -0.2) is 4.98 Å². The largest absolute Gasteiger partial charge is 0.481 e. The van der Waals surface area contributed by atoms with E-state index in [0.717, 1.165) is 10.9 Å². The fourth-order valence-corrected chi connectivity index (χ4v) is 1.26. The molecule has 0 bridgehead atoms. The Morgan fingerprint density at radius 1 is 1.57 bits per heavy atom. The lowest BCUT2D eigenvalue weighted by Crippen LogP contribution is -2.10.